The summed E-state index contributed by atoms with van der Waals surface area (Å²) in [7, 11) is -3.50. The Morgan fingerprint density at radius 1 is 1.44 bits per heavy atom. The van der Waals surface area contributed by atoms with Gasteiger partial charge in [0.2, 0.25) is 10.0 Å². The van der Waals surface area contributed by atoms with Gasteiger partial charge in [-0.3, -0.25) is 4.79 Å². The molecule has 0 saturated carbocycles. The fourth-order valence-corrected chi connectivity index (χ4v) is 3.27. The SMILES string of the molecule is CSCC[C@@H](NS(=O)(=O)CC(C)C)C(=O)O. The number of rotatable bonds is 8. The molecule has 7 heteroatoms. The lowest BCUT2D eigenvalue weighted by Gasteiger charge is -2.15. The minimum absolute atomic E-state index is 0.0208. The van der Waals surface area contributed by atoms with E-state index in [-0.39, 0.29) is 11.7 Å². The number of carboxylic acids is 1. The van der Waals surface area contributed by atoms with Crippen molar-refractivity contribution in [1.29, 1.82) is 0 Å². The molecule has 0 unspecified atom stereocenters. The third-order valence-corrected chi connectivity index (χ3v) is 4.18. The molecule has 0 amide bonds. The minimum Gasteiger partial charge on any atom is -0.480 e. The first-order valence-corrected chi connectivity index (χ1v) is 8.05. The molecular weight excluding hydrogens is 250 g/mol. The van der Waals surface area contributed by atoms with E-state index < -0.39 is 22.0 Å². The van der Waals surface area contributed by atoms with Gasteiger partial charge in [-0.2, -0.15) is 11.8 Å². The van der Waals surface area contributed by atoms with Gasteiger partial charge >= 0.3 is 5.97 Å². The molecule has 0 spiro atoms. The van der Waals surface area contributed by atoms with Crippen LogP contribution < -0.4 is 4.72 Å². The molecule has 16 heavy (non-hydrogen) atoms. The van der Waals surface area contributed by atoms with Crippen molar-refractivity contribution in [3.8, 4) is 0 Å². The highest BCUT2D eigenvalue weighted by Gasteiger charge is 2.23. The topological polar surface area (TPSA) is 83.5 Å². The van der Waals surface area contributed by atoms with E-state index in [1.165, 1.54) is 11.8 Å². The number of carboxylic acid groups (broad SMARTS) is 1. The number of aliphatic carboxylic acids is 1. The van der Waals surface area contributed by atoms with Crippen LogP contribution in [0.1, 0.15) is 20.3 Å². The van der Waals surface area contributed by atoms with Gasteiger partial charge in [-0.1, -0.05) is 13.8 Å². The summed E-state index contributed by atoms with van der Waals surface area (Å²) in [5.74, 6) is -0.578. The largest absolute Gasteiger partial charge is 0.480 e. The maximum absolute atomic E-state index is 11.5. The summed E-state index contributed by atoms with van der Waals surface area (Å²) >= 11 is 1.49. The summed E-state index contributed by atoms with van der Waals surface area (Å²) in [4.78, 5) is 10.8. The number of thioether (sulfide) groups is 1. The zero-order valence-electron chi connectivity index (χ0n) is 9.76. The number of carbonyl (C=O) groups is 1. The third kappa shape index (κ3) is 7.08. The van der Waals surface area contributed by atoms with Crippen molar-refractivity contribution in [2.75, 3.05) is 17.8 Å². The second kappa shape index (κ2) is 7.13. The second-order valence-corrected chi connectivity index (χ2v) is 6.75. The molecule has 0 aliphatic carbocycles. The van der Waals surface area contributed by atoms with Crippen molar-refractivity contribution < 1.29 is 18.3 Å². The van der Waals surface area contributed by atoms with Gasteiger partial charge in [0.05, 0.1) is 5.75 Å². The van der Waals surface area contributed by atoms with Crippen molar-refractivity contribution in [2.24, 2.45) is 5.92 Å². The molecule has 0 bridgehead atoms. The van der Waals surface area contributed by atoms with Gasteiger partial charge in [0.25, 0.3) is 0 Å². The monoisotopic (exact) mass is 269 g/mol. The molecule has 0 aromatic carbocycles. The van der Waals surface area contributed by atoms with Crippen molar-refractivity contribution in [2.45, 2.75) is 26.3 Å². The molecule has 96 valence electrons. The molecule has 0 heterocycles. The average molecular weight is 269 g/mol. The molecule has 0 aromatic rings. The highest BCUT2D eigenvalue weighted by atomic mass is 32.2. The first kappa shape index (κ1) is 15.7. The van der Waals surface area contributed by atoms with Crippen molar-refractivity contribution in [3.05, 3.63) is 0 Å². The number of hydrogen-bond donors (Lipinski definition) is 2. The van der Waals surface area contributed by atoms with E-state index in [2.05, 4.69) is 4.72 Å². The van der Waals surface area contributed by atoms with Crippen LogP contribution in [0.4, 0.5) is 0 Å². The van der Waals surface area contributed by atoms with Crippen molar-refractivity contribution in [3.63, 3.8) is 0 Å². The summed E-state index contributed by atoms with van der Waals surface area (Å²) in [5.41, 5.74) is 0. The zero-order valence-corrected chi connectivity index (χ0v) is 11.4. The fraction of sp³-hybridized carbons (Fsp3) is 0.889. The Balaban J connectivity index is 4.44. The highest BCUT2D eigenvalue weighted by molar-refractivity contribution is 7.98. The van der Waals surface area contributed by atoms with Gasteiger partial charge in [-0.15, -0.1) is 0 Å². The van der Waals surface area contributed by atoms with Gasteiger partial charge in [0.15, 0.2) is 0 Å². The summed E-state index contributed by atoms with van der Waals surface area (Å²) in [6.07, 6.45) is 2.15. The van der Waals surface area contributed by atoms with Crippen LogP contribution in [-0.2, 0) is 14.8 Å². The average Bonchev–Trinajstić information content (AvgIpc) is 2.09. The lowest BCUT2D eigenvalue weighted by molar-refractivity contribution is -0.139. The Hall–Kier alpha value is -0.270. The predicted octanol–water partition coefficient (Wildman–Crippen LogP) is 0.768. The Labute approximate surface area is 101 Å². The molecule has 0 saturated heterocycles. The van der Waals surface area contributed by atoms with Crippen molar-refractivity contribution >= 4 is 27.8 Å². The lowest BCUT2D eigenvalue weighted by atomic mass is 10.2. The summed E-state index contributed by atoms with van der Waals surface area (Å²) < 4.78 is 25.3. The quantitative estimate of drug-likeness (QED) is 0.680. The maximum Gasteiger partial charge on any atom is 0.321 e. The Morgan fingerprint density at radius 3 is 2.38 bits per heavy atom. The van der Waals surface area contributed by atoms with Crippen LogP contribution in [0.2, 0.25) is 0 Å². The number of sulfonamides is 1. The van der Waals surface area contributed by atoms with E-state index in [0.29, 0.717) is 12.2 Å². The molecule has 5 nitrogen and oxygen atoms in total. The lowest BCUT2D eigenvalue weighted by Crippen LogP contribution is -2.42. The minimum atomic E-state index is -3.50. The Morgan fingerprint density at radius 2 is 2.00 bits per heavy atom. The molecule has 0 aliphatic rings. The standard InChI is InChI=1S/C9H19NO4S2/c1-7(2)6-16(13,14)10-8(9(11)12)4-5-15-3/h7-8,10H,4-6H2,1-3H3,(H,11,12)/t8-/m1/s1. The van der Waals surface area contributed by atoms with Crippen molar-refractivity contribution in [1.82, 2.24) is 4.72 Å². The normalized spacial score (nSPS) is 14.0. The first-order chi connectivity index (χ1) is 7.28. The summed E-state index contributed by atoms with van der Waals surface area (Å²) in [6, 6.07) is -1.02. The Bertz CT molecular complexity index is 313. The molecular formula is C9H19NO4S2. The summed E-state index contributed by atoms with van der Waals surface area (Å²) in [6.45, 7) is 3.55. The molecule has 0 radical (unpaired) electrons. The molecule has 1 atom stereocenters. The van der Waals surface area contributed by atoms with E-state index in [1.54, 1.807) is 13.8 Å². The fourth-order valence-electron chi connectivity index (χ4n) is 1.17. The second-order valence-electron chi connectivity index (χ2n) is 3.97. The van der Waals surface area contributed by atoms with E-state index in [0.717, 1.165) is 0 Å². The van der Waals surface area contributed by atoms with E-state index in [4.69, 9.17) is 5.11 Å². The molecule has 2 N–H and O–H groups in total. The van der Waals surface area contributed by atoms with Crippen LogP contribution in [0.3, 0.4) is 0 Å². The molecule has 0 fully saturated rings. The van der Waals surface area contributed by atoms with E-state index in [9.17, 15) is 13.2 Å². The molecule has 0 aromatic heterocycles. The van der Waals surface area contributed by atoms with Crippen LogP contribution in [0.5, 0.6) is 0 Å². The van der Waals surface area contributed by atoms with Crippen LogP contribution >= 0.6 is 11.8 Å². The zero-order chi connectivity index (χ0) is 12.8. The Kier molecular flexibility index (Phi) is 7.01. The maximum atomic E-state index is 11.5. The van der Waals surface area contributed by atoms with E-state index >= 15 is 0 Å². The third-order valence-electron chi connectivity index (χ3n) is 1.78. The van der Waals surface area contributed by atoms with Gasteiger partial charge in [-0.05, 0) is 24.3 Å². The van der Waals surface area contributed by atoms with Crippen LogP contribution in [-0.4, -0.2) is 43.3 Å². The smallest absolute Gasteiger partial charge is 0.321 e. The van der Waals surface area contributed by atoms with Crippen LogP contribution in [0.15, 0.2) is 0 Å². The summed E-state index contributed by atoms with van der Waals surface area (Å²) in [5, 5.41) is 8.86. The predicted molar refractivity (Wildman–Crippen MR) is 66.2 cm³/mol. The number of nitrogens with one attached hydrogen (secondary N) is 1. The van der Waals surface area contributed by atoms with Gasteiger partial charge < -0.3 is 5.11 Å². The van der Waals surface area contributed by atoms with Gasteiger partial charge in [0, 0.05) is 0 Å². The first-order valence-electron chi connectivity index (χ1n) is 5.00. The van der Waals surface area contributed by atoms with Gasteiger partial charge in [0.1, 0.15) is 6.04 Å². The van der Waals surface area contributed by atoms with Crippen LogP contribution in [0.25, 0.3) is 0 Å². The van der Waals surface area contributed by atoms with Crippen LogP contribution in [0, 0.1) is 5.92 Å². The van der Waals surface area contributed by atoms with Gasteiger partial charge in [-0.25, -0.2) is 13.1 Å². The number of hydrogen-bond acceptors (Lipinski definition) is 4. The van der Waals surface area contributed by atoms with E-state index in [1.807, 2.05) is 6.26 Å². The highest BCUT2D eigenvalue weighted by Crippen LogP contribution is 2.05. The molecule has 0 aliphatic heterocycles. The molecule has 0 rings (SSSR count).